The molecule has 7 heteroatoms. The first-order chi connectivity index (χ1) is 14.1. The Labute approximate surface area is 173 Å². The molecule has 4 rings (SSSR count). The molecule has 29 heavy (non-hydrogen) atoms. The van der Waals surface area contributed by atoms with E-state index in [1.54, 1.807) is 36.1 Å². The van der Waals surface area contributed by atoms with Crippen molar-refractivity contribution in [3.05, 3.63) is 65.6 Å². The number of benzene rings is 1. The van der Waals surface area contributed by atoms with Crippen LogP contribution in [0.2, 0.25) is 0 Å². The standard InChI is InChI=1S/C22H21N5OS/c1-14-5-7-16(8-6-14)19-15(2)29-22-20(19)21(25-13-26-22)24-11-9-18(28)27-17-4-3-10-23-12-17/h3-8,10,12-13H,9,11H2,1-2H3,(H,27,28)(H,24,25,26). The summed E-state index contributed by atoms with van der Waals surface area (Å²) in [4.78, 5) is 27.2. The summed E-state index contributed by atoms with van der Waals surface area (Å²) >= 11 is 1.66. The van der Waals surface area contributed by atoms with Gasteiger partial charge >= 0.3 is 0 Å². The van der Waals surface area contributed by atoms with Crippen molar-refractivity contribution in [2.24, 2.45) is 0 Å². The van der Waals surface area contributed by atoms with Crippen LogP contribution in [0, 0.1) is 13.8 Å². The predicted octanol–water partition coefficient (Wildman–Crippen LogP) is 4.81. The Balaban J connectivity index is 1.53. The van der Waals surface area contributed by atoms with E-state index in [0.29, 0.717) is 18.7 Å². The molecule has 3 heterocycles. The van der Waals surface area contributed by atoms with E-state index in [1.165, 1.54) is 10.4 Å². The molecule has 1 amide bonds. The highest BCUT2D eigenvalue weighted by Gasteiger charge is 2.16. The maximum atomic E-state index is 12.2. The van der Waals surface area contributed by atoms with E-state index in [2.05, 4.69) is 63.7 Å². The monoisotopic (exact) mass is 403 g/mol. The number of nitrogens with one attached hydrogen (secondary N) is 2. The summed E-state index contributed by atoms with van der Waals surface area (Å²) < 4.78 is 0. The van der Waals surface area contributed by atoms with E-state index in [-0.39, 0.29) is 5.91 Å². The van der Waals surface area contributed by atoms with E-state index < -0.39 is 0 Å². The third kappa shape index (κ3) is 4.25. The van der Waals surface area contributed by atoms with E-state index in [1.807, 2.05) is 6.07 Å². The number of aromatic nitrogens is 3. The van der Waals surface area contributed by atoms with Crippen molar-refractivity contribution in [2.75, 3.05) is 17.2 Å². The number of anilines is 2. The highest BCUT2D eigenvalue weighted by atomic mass is 32.1. The van der Waals surface area contributed by atoms with Gasteiger partial charge in [-0.2, -0.15) is 0 Å². The summed E-state index contributed by atoms with van der Waals surface area (Å²) in [6, 6.07) is 12.1. The minimum atomic E-state index is -0.0731. The zero-order chi connectivity index (χ0) is 20.2. The summed E-state index contributed by atoms with van der Waals surface area (Å²) in [5.74, 6) is 0.681. The first-order valence-corrected chi connectivity index (χ1v) is 10.2. The van der Waals surface area contributed by atoms with Gasteiger partial charge < -0.3 is 10.6 Å². The molecular weight excluding hydrogens is 382 g/mol. The Hall–Kier alpha value is -3.32. The number of hydrogen-bond donors (Lipinski definition) is 2. The first kappa shape index (κ1) is 19.0. The average molecular weight is 404 g/mol. The highest BCUT2D eigenvalue weighted by molar-refractivity contribution is 7.19. The molecule has 6 nitrogen and oxygen atoms in total. The summed E-state index contributed by atoms with van der Waals surface area (Å²) in [5.41, 5.74) is 4.21. The number of aryl methyl sites for hydroxylation is 2. The van der Waals surface area contributed by atoms with Crippen LogP contribution in [0.1, 0.15) is 16.9 Å². The molecule has 0 aliphatic rings. The second-order valence-corrected chi connectivity index (χ2v) is 7.97. The highest BCUT2D eigenvalue weighted by Crippen LogP contribution is 2.40. The van der Waals surface area contributed by atoms with Gasteiger partial charge in [0.05, 0.1) is 17.3 Å². The Kier molecular flexibility index (Phi) is 5.48. The van der Waals surface area contributed by atoms with Crippen LogP contribution in [0.4, 0.5) is 11.5 Å². The van der Waals surface area contributed by atoms with Crippen molar-refractivity contribution < 1.29 is 4.79 Å². The molecule has 0 radical (unpaired) electrons. The molecule has 2 N–H and O–H groups in total. The predicted molar refractivity (Wildman–Crippen MR) is 118 cm³/mol. The molecule has 0 spiro atoms. The van der Waals surface area contributed by atoms with E-state index >= 15 is 0 Å². The molecule has 146 valence electrons. The van der Waals surface area contributed by atoms with Crippen molar-refractivity contribution in [2.45, 2.75) is 20.3 Å². The number of hydrogen-bond acceptors (Lipinski definition) is 6. The van der Waals surface area contributed by atoms with Gasteiger partial charge in [-0.25, -0.2) is 9.97 Å². The van der Waals surface area contributed by atoms with E-state index in [4.69, 9.17) is 0 Å². The van der Waals surface area contributed by atoms with Gasteiger partial charge in [-0.15, -0.1) is 11.3 Å². The Morgan fingerprint density at radius 1 is 1.10 bits per heavy atom. The van der Waals surface area contributed by atoms with Gasteiger partial charge in [0.15, 0.2) is 0 Å². The number of carbonyl (C=O) groups excluding carboxylic acids is 1. The van der Waals surface area contributed by atoms with Crippen LogP contribution in [-0.2, 0) is 4.79 Å². The largest absolute Gasteiger partial charge is 0.369 e. The molecule has 4 aromatic rings. The number of nitrogens with zero attached hydrogens (tertiary/aromatic N) is 3. The third-order valence-corrected chi connectivity index (χ3v) is 5.61. The van der Waals surface area contributed by atoms with Crippen LogP contribution in [0.15, 0.2) is 55.1 Å². The summed E-state index contributed by atoms with van der Waals surface area (Å²) in [6.45, 7) is 4.65. The quantitative estimate of drug-likeness (QED) is 0.483. The van der Waals surface area contributed by atoms with Crippen LogP contribution in [-0.4, -0.2) is 27.4 Å². The van der Waals surface area contributed by atoms with Gasteiger partial charge in [-0.05, 0) is 31.5 Å². The second kappa shape index (κ2) is 8.36. The minimum Gasteiger partial charge on any atom is -0.369 e. The van der Waals surface area contributed by atoms with Crippen LogP contribution in [0.3, 0.4) is 0 Å². The number of fused-ring (bicyclic) bond motifs is 1. The lowest BCUT2D eigenvalue weighted by atomic mass is 10.0. The summed E-state index contributed by atoms with van der Waals surface area (Å²) in [5, 5.41) is 7.16. The second-order valence-electron chi connectivity index (χ2n) is 6.77. The van der Waals surface area contributed by atoms with E-state index in [0.717, 1.165) is 27.2 Å². The van der Waals surface area contributed by atoms with Crippen LogP contribution in [0.25, 0.3) is 21.3 Å². The Morgan fingerprint density at radius 2 is 1.93 bits per heavy atom. The van der Waals surface area contributed by atoms with Gasteiger partial charge in [0, 0.05) is 29.6 Å². The van der Waals surface area contributed by atoms with Gasteiger partial charge in [0.2, 0.25) is 5.91 Å². The lowest BCUT2D eigenvalue weighted by Gasteiger charge is -2.09. The fourth-order valence-electron chi connectivity index (χ4n) is 3.20. The van der Waals surface area contributed by atoms with Crippen molar-refractivity contribution >= 4 is 39.0 Å². The smallest absolute Gasteiger partial charge is 0.226 e. The number of rotatable bonds is 6. The maximum absolute atomic E-state index is 12.2. The van der Waals surface area contributed by atoms with Crippen molar-refractivity contribution in [1.82, 2.24) is 15.0 Å². The molecule has 0 aliphatic heterocycles. The molecule has 0 unspecified atom stereocenters. The molecule has 0 saturated carbocycles. The van der Waals surface area contributed by atoms with Crippen molar-refractivity contribution in [1.29, 1.82) is 0 Å². The zero-order valence-electron chi connectivity index (χ0n) is 16.3. The lowest BCUT2D eigenvalue weighted by Crippen LogP contribution is -2.16. The zero-order valence-corrected chi connectivity index (χ0v) is 17.1. The fourth-order valence-corrected chi connectivity index (χ4v) is 4.21. The van der Waals surface area contributed by atoms with Gasteiger partial charge in [0.1, 0.15) is 17.0 Å². The van der Waals surface area contributed by atoms with Crippen molar-refractivity contribution in [3.63, 3.8) is 0 Å². The molecule has 1 aromatic carbocycles. The summed E-state index contributed by atoms with van der Waals surface area (Å²) in [7, 11) is 0. The number of thiophene rings is 1. The Morgan fingerprint density at radius 3 is 2.69 bits per heavy atom. The number of carbonyl (C=O) groups is 1. The van der Waals surface area contributed by atoms with Crippen LogP contribution in [0.5, 0.6) is 0 Å². The molecule has 0 atom stereocenters. The topological polar surface area (TPSA) is 79.8 Å². The van der Waals surface area contributed by atoms with Gasteiger partial charge in [-0.3, -0.25) is 9.78 Å². The van der Waals surface area contributed by atoms with Crippen LogP contribution < -0.4 is 10.6 Å². The molecule has 0 bridgehead atoms. The lowest BCUT2D eigenvalue weighted by molar-refractivity contribution is -0.115. The molecule has 0 fully saturated rings. The molecule has 3 aromatic heterocycles. The average Bonchev–Trinajstić information content (AvgIpc) is 3.06. The fraction of sp³-hybridized carbons (Fsp3) is 0.182. The molecular formula is C22H21N5OS. The van der Waals surface area contributed by atoms with Gasteiger partial charge in [-0.1, -0.05) is 29.8 Å². The van der Waals surface area contributed by atoms with Gasteiger partial charge in [0.25, 0.3) is 0 Å². The van der Waals surface area contributed by atoms with Crippen LogP contribution >= 0.6 is 11.3 Å². The summed E-state index contributed by atoms with van der Waals surface area (Å²) in [6.07, 6.45) is 5.19. The van der Waals surface area contributed by atoms with Crippen molar-refractivity contribution in [3.8, 4) is 11.1 Å². The Bertz CT molecular complexity index is 1140. The maximum Gasteiger partial charge on any atom is 0.226 e. The minimum absolute atomic E-state index is 0.0731. The number of pyridine rings is 1. The molecule has 0 saturated heterocycles. The van der Waals surface area contributed by atoms with E-state index in [9.17, 15) is 4.79 Å². The molecule has 0 aliphatic carbocycles. The SMILES string of the molecule is Cc1ccc(-c2c(C)sc3ncnc(NCCC(=O)Nc4cccnc4)c23)cc1. The number of amides is 1. The normalized spacial score (nSPS) is 10.8. The first-order valence-electron chi connectivity index (χ1n) is 9.36. The third-order valence-electron chi connectivity index (χ3n) is 4.59.